The van der Waals surface area contributed by atoms with E-state index in [0.717, 1.165) is 33.4 Å². The van der Waals surface area contributed by atoms with Gasteiger partial charge in [0.15, 0.2) is 0 Å². The van der Waals surface area contributed by atoms with Gasteiger partial charge in [-0.3, -0.25) is 0 Å². The second-order valence-electron chi connectivity index (χ2n) is 5.84. The Kier molecular flexibility index (Phi) is 3.90. The first-order chi connectivity index (χ1) is 12.3. The number of hydrogen-bond acceptors (Lipinski definition) is 2. The number of rotatable bonds is 3. The molecule has 0 N–H and O–H groups in total. The molecule has 0 bridgehead atoms. The Bertz CT molecular complexity index is 1080. The van der Waals surface area contributed by atoms with E-state index in [1.165, 1.54) is 0 Å². The van der Waals surface area contributed by atoms with Gasteiger partial charge < -0.3 is 4.42 Å². The van der Waals surface area contributed by atoms with Gasteiger partial charge in [-0.1, -0.05) is 66.7 Å². The van der Waals surface area contributed by atoms with Gasteiger partial charge in [-0.05, 0) is 35.4 Å². The van der Waals surface area contributed by atoms with Crippen LogP contribution in [0.4, 0.5) is 0 Å². The monoisotopic (exact) mass is 321 g/mol. The van der Waals surface area contributed by atoms with Crippen molar-refractivity contribution in [1.82, 2.24) is 0 Å². The van der Waals surface area contributed by atoms with Gasteiger partial charge in [-0.15, -0.1) is 0 Å². The lowest BCUT2D eigenvalue weighted by atomic mass is 10.1. The molecular weight excluding hydrogens is 306 g/mol. The number of furan rings is 1. The molecule has 0 saturated heterocycles. The number of nitrogens with zero attached hydrogens (tertiary/aromatic N) is 1. The summed E-state index contributed by atoms with van der Waals surface area (Å²) in [6, 6.07) is 28.0. The first-order valence-corrected chi connectivity index (χ1v) is 8.09. The number of fused-ring (bicyclic) bond motifs is 1. The highest BCUT2D eigenvalue weighted by Crippen LogP contribution is 2.28. The molecule has 1 aromatic heterocycles. The molecule has 0 aliphatic rings. The average molecular weight is 321 g/mol. The minimum atomic E-state index is 0.669. The molecule has 0 fully saturated rings. The predicted molar refractivity (Wildman–Crippen MR) is 102 cm³/mol. The van der Waals surface area contributed by atoms with Crippen molar-refractivity contribution in [3.8, 4) is 17.4 Å². The minimum absolute atomic E-state index is 0.669. The summed E-state index contributed by atoms with van der Waals surface area (Å²) in [5.74, 6) is 0.879. The molecule has 0 aliphatic heterocycles. The minimum Gasteiger partial charge on any atom is -0.456 e. The summed E-state index contributed by atoms with van der Waals surface area (Å²) in [5.41, 5.74) is 4.76. The van der Waals surface area contributed by atoms with Gasteiger partial charge in [0, 0.05) is 10.9 Å². The van der Waals surface area contributed by atoms with Crippen LogP contribution in [0.15, 0.2) is 83.3 Å². The fourth-order valence-corrected chi connectivity index (χ4v) is 2.76. The molecule has 4 aromatic rings. The lowest BCUT2D eigenvalue weighted by molar-refractivity contribution is 0.631. The van der Waals surface area contributed by atoms with Crippen LogP contribution in [-0.2, 0) is 0 Å². The van der Waals surface area contributed by atoms with Crippen LogP contribution in [0.25, 0.3) is 34.4 Å². The molecule has 0 amide bonds. The fraction of sp³-hybridized carbons (Fsp3) is 0. The highest BCUT2D eigenvalue weighted by molar-refractivity contribution is 5.85. The lowest BCUT2D eigenvalue weighted by Gasteiger charge is -1.96. The van der Waals surface area contributed by atoms with Crippen LogP contribution in [-0.4, -0.2) is 0 Å². The Balaban J connectivity index is 1.62. The van der Waals surface area contributed by atoms with Crippen molar-refractivity contribution in [1.29, 1.82) is 5.26 Å². The molecule has 25 heavy (non-hydrogen) atoms. The van der Waals surface area contributed by atoms with Gasteiger partial charge in [0.1, 0.15) is 11.3 Å². The predicted octanol–water partition coefficient (Wildman–Crippen LogP) is 6.14. The van der Waals surface area contributed by atoms with E-state index in [0.29, 0.717) is 5.56 Å². The van der Waals surface area contributed by atoms with Crippen LogP contribution in [0.3, 0.4) is 0 Å². The number of benzene rings is 3. The first-order valence-electron chi connectivity index (χ1n) is 8.09. The third-order valence-corrected chi connectivity index (χ3v) is 4.11. The highest BCUT2D eigenvalue weighted by atomic mass is 16.3. The summed E-state index contributed by atoms with van der Waals surface area (Å²) in [6.45, 7) is 0. The first kappa shape index (κ1) is 15.0. The quantitative estimate of drug-likeness (QED) is 0.425. The van der Waals surface area contributed by atoms with Crippen molar-refractivity contribution >= 4 is 23.1 Å². The molecule has 0 atom stereocenters. The Morgan fingerprint density at radius 2 is 1.48 bits per heavy atom. The van der Waals surface area contributed by atoms with Crippen molar-refractivity contribution in [2.45, 2.75) is 0 Å². The van der Waals surface area contributed by atoms with Crippen molar-refractivity contribution in [2.75, 3.05) is 0 Å². The zero-order valence-corrected chi connectivity index (χ0v) is 13.5. The smallest absolute Gasteiger partial charge is 0.135 e. The van der Waals surface area contributed by atoms with Crippen LogP contribution >= 0.6 is 0 Å². The van der Waals surface area contributed by atoms with Crippen LogP contribution in [0.1, 0.15) is 16.7 Å². The SMILES string of the molecule is N#Cc1ccc(C=Cc2ccc3cc(-c4ccccc4)oc3c2)cc1. The standard InChI is InChI=1S/C23H15NO/c24-16-19-10-7-17(8-11-19)6-9-18-12-13-21-15-23(25-22(21)14-18)20-4-2-1-3-5-20/h1-15H. The van der Waals surface area contributed by atoms with E-state index in [2.05, 4.69) is 24.3 Å². The van der Waals surface area contributed by atoms with Crippen molar-refractivity contribution < 1.29 is 4.42 Å². The Morgan fingerprint density at radius 1 is 0.760 bits per heavy atom. The summed E-state index contributed by atoms with van der Waals surface area (Å²) >= 11 is 0. The van der Waals surface area contributed by atoms with Gasteiger partial charge in [0.25, 0.3) is 0 Å². The fourth-order valence-electron chi connectivity index (χ4n) is 2.76. The molecule has 3 aromatic carbocycles. The van der Waals surface area contributed by atoms with Gasteiger partial charge >= 0.3 is 0 Å². The van der Waals surface area contributed by atoms with Crippen LogP contribution in [0.5, 0.6) is 0 Å². The zero-order valence-electron chi connectivity index (χ0n) is 13.5. The molecule has 0 radical (unpaired) electrons. The summed E-state index contributed by atoms with van der Waals surface area (Å²) < 4.78 is 6.01. The van der Waals surface area contributed by atoms with E-state index in [1.54, 1.807) is 0 Å². The molecule has 2 nitrogen and oxygen atoms in total. The normalized spacial score (nSPS) is 11.0. The van der Waals surface area contributed by atoms with Gasteiger partial charge in [0.2, 0.25) is 0 Å². The van der Waals surface area contributed by atoms with Crippen molar-refractivity contribution in [3.63, 3.8) is 0 Å². The zero-order chi connectivity index (χ0) is 17.1. The maximum atomic E-state index is 8.84. The van der Waals surface area contributed by atoms with Gasteiger partial charge in [0.05, 0.1) is 11.6 Å². The van der Waals surface area contributed by atoms with E-state index in [4.69, 9.17) is 9.68 Å². The van der Waals surface area contributed by atoms with E-state index in [9.17, 15) is 0 Å². The van der Waals surface area contributed by atoms with Crippen LogP contribution < -0.4 is 0 Å². The Morgan fingerprint density at radius 3 is 2.24 bits per heavy atom. The second-order valence-corrected chi connectivity index (χ2v) is 5.84. The van der Waals surface area contributed by atoms with Gasteiger partial charge in [-0.25, -0.2) is 0 Å². The molecule has 4 rings (SSSR count). The summed E-state index contributed by atoms with van der Waals surface area (Å²) in [5, 5.41) is 9.93. The molecule has 1 heterocycles. The Labute approximate surface area is 146 Å². The third-order valence-electron chi connectivity index (χ3n) is 4.11. The van der Waals surface area contributed by atoms with Crippen LogP contribution in [0, 0.1) is 11.3 Å². The molecule has 2 heteroatoms. The molecule has 0 unspecified atom stereocenters. The van der Waals surface area contributed by atoms with E-state index >= 15 is 0 Å². The summed E-state index contributed by atoms with van der Waals surface area (Å²) in [4.78, 5) is 0. The van der Waals surface area contributed by atoms with Crippen LogP contribution in [0.2, 0.25) is 0 Å². The maximum absolute atomic E-state index is 8.84. The molecule has 0 spiro atoms. The maximum Gasteiger partial charge on any atom is 0.135 e. The molecule has 0 saturated carbocycles. The highest BCUT2D eigenvalue weighted by Gasteiger charge is 2.05. The van der Waals surface area contributed by atoms with Gasteiger partial charge in [-0.2, -0.15) is 5.26 Å². The van der Waals surface area contributed by atoms with E-state index in [1.807, 2.05) is 72.8 Å². The molecule has 118 valence electrons. The second kappa shape index (κ2) is 6.51. The molecule has 0 aliphatic carbocycles. The van der Waals surface area contributed by atoms with Crippen molar-refractivity contribution in [2.24, 2.45) is 0 Å². The summed E-state index contributed by atoms with van der Waals surface area (Å²) in [7, 11) is 0. The topological polar surface area (TPSA) is 36.9 Å². The van der Waals surface area contributed by atoms with Crippen molar-refractivity contribution in [3.05, 3.63) is 95.6 Å². The molecular formula is C23H15NO. The third kappa shape index (κ3) is 3.22. The van der Waals surface area contributed by atoms with E-state index < -0.39 is 0 Å². The summed E-state index contributed by atoms with van der Waals surface area (Å²) in [6.07, 6.45) is 4.08. The largest absolute Gasteiger partial charge is 0.456 e. The average Bonchev–Trinajstić information content (AvgIpc) is 3.11. The Hall–Kier alpha value is -3.57. The van der Waals surface area contributed by atoms with E-state index in [-0.39, 0.29) is 0 Å². The number of hydrogen-bond donors (Lipinski definition) is 0. The lowest BCUT2D eigenvalue weighted by Crippen LogP contribution is -1.75. The number of nitriles is 1.